The van der Waals surface area contributed by atoms with Gasteiger partial charge in [-0.15, -0.1) is 0 Å². The molecule has 168 valence electrons. The maximum atomic E-state index is 15.3. The lowest BCUT2D eigenvalue weighted by Gasteiger charge is -2.37. The van der Waals surface area contributed by atoms with Crippen molar-refractivity contribution in [3.05, 3.63) is 35.9 Å². The molecule has 5 rings (SSSR count). The number of nitrogen functional groups attached to an aromatic ring is 1. The zero-order valence-corrected chi connectivity index (χ0v) is 17.8. The molecule has 1 aliphatic carbocycles. The number of fused-ring (bicyclic) bond motifs is 2. The van der Waals surface area contributed by atoms with Crippen LogP contribution in [0.2, 0.25) is 0 Å². The topological polar surface area (TPSA) is 137 Å². The number of nitrogens with zero attached hydrogens (tertiary/aromatic N) is 4. The molecule has 3 aromatic rings. The van der Waals surface area contributed by atoms with Gasteiger partial charge in [-0.1, -0.05) is 0 Å². The molecule has 4 N–H and O–H groups in total. The molecular weight excluding hydrogens is 427 g/mol. The molecule has 1 saturated carbocycles. The lowest BCUT2D eigenvalue weighted by Crippen LogP contribution is -2.47. The van der Waals surface area contributed by atoms with E-state index in [1.54, 1.807) is 18.3 Å². The van der Waals surface area contributed by atoms with Crippen LogP contribution in [0.1, 0.15) is 18.4 Å². The molecule has 0 saturated heterocycles. The molecule has 0 radical (unpaired) electrons. The highest BCUT2D eigenvalue weighted by Crippen LogP contribution is 2.40. The van der Waals surface area contributed by atoms with Gasteiger partial charge in [0.15, 0.2) is 5.82 Å². The molecule has 33 heavy (non-hydrogen) atoms. The van der Waals surface area contributed by atoms with Crippen molar-refractivity contribution in [1.29, 1.82) is 5.26 Å². The summed E-state index contributed by atoms with van der Waals surface area (Å²) in [5, 5.41) is 23.0. The van der Waals surface area contributed by atoms with Crippen molar-refractivity contribution in [2.24, 2.45) is 5.92 Å². The number of nitriles is 1. The van der Waals surface area contributed by atoms with Gasteiger partial charge in [0, 0.05) is 41.5 Å². The van der Waals surface area contributed by atoms with Gasteiger partial charge in [0.05, 0.1) is 17.7 Å². The van der Waals surface area contributed by atoms with Crippen LogP contribution in [0.3, 0.4) is 0 Å². The molecule has 0 atom stereocenters. The third-order valence-electron chi connectivity index (χ3n) is 6.33. The Hall–Kier alpha value is -4.13. The second kappa shape index (κ2) is 7.78. The number of benzene rings is 1. The third kappa shape index (κ3) is 3.33. The number of nitrogens with two attached hydrogens (primary N) is 1. The number of rotatable bonds is 3. The zero-order chi connectivity index (χ0) is 23.3. The molecule has 2 aliphatic rings. The van der Waals surface area contributed by atoms with E-state index >= 15 is 4.39 Å². The largest absolute Gasteiger partial charge is 0.474 e. The van der Waals surface area contributed by atoms with Crippen LogP contribution in [0.25, 0.3) is 21.9 Å². The van der Waals surface area contributed by atoms with Gasteiger partial charge in [-0.2, -0.15) is 5.26 Å². The van der Waals surface area contributed by atoms with E-state index < -0.39 is 11.9 Å². The van der Waals surface area contributed by atoms with Gasteiger partial charge < -0.3 is 20.9 Å². The highest BCUT2D eigenvalue weighted by atomic mass is 19.1. The van der Waals surface area contributed by atoms with Crippen LogP contribution in [-0.2, 0) is 0 Å². The standard InChI is InChI=1S/C23H21FN6O3/c1-11-16(9-29-22-21(11)27-2-3-33-22)15-6-13-7-18(28-10-17(13)20(26)19(15)24)30(23(31)32)14-4-12(5-14)8-25/h6-7,9-10,12,14,27H,2-5,26H2,1H3,(H,31,32)/t12-,14+. The number of pyridine rings is 2. The Labute approximate surface area is 188 Å². The molecule has 9 nitrogen and oxygen atoms in total. The van der Waals surface area contributed by atoms with E-state index in [1.165, 1.54) is 11.1 Å². The first-order chi connectivity index (χ1) is 15.9. The highest BCUT2D eigenvalue weighted by molar-refractivity contribution is 5.99. The Kier molecular flexibility index (Phi) is 4.89. The summed E-state index contributed by atoms with van der Waals surface area (Å²) < 4.78 is 20.9. The van der Waals surface area contributed by atoms with Crippen LogP contribution in [0, 0.1) is 30.0 Å². The number of carbonyl (C=O) groups is 1. The smallest absolute Gasteiger partial charge is 0.413 e. The normalized spacial score (nSPS) is 18.9. The number of halogens is 1. The van der Waals surface area contributed by atoms with Gasteiger partial charge in [0.25, 0.3) is 0 Å². The Bertz CT molecular complexity index is 1330. The molecule has 3 heterocycles. The number of nitrogens with one attached hydrogen (secondary N) is 1. The molecule has 1 aromatic carbocycles. The first kappa shape index (κ1) is 20.8. The fourth-order valence-corrected chi connectivity index (χ4v) is 4.45. The molecule has 0 spiro atoms. The maximum absolute atomic E-state index is 15.3. The number of hydrogen-bond donors (Lipinski definition) is 3. The summed E-state index contributed by atoms with van der Waals surface area (Å²) in [5.74, 6) is -0.0737. The van der Waals surface area contributed by atoms with Crippen molar-refractivity contribution in [2.75, 3.05) is 29.1 Å². The van der Waals surface area contributed by atoms with E-state index in [9.17, 15) is 9.90 Å². The van der Waals surface area contributed by atoms with Crippen molar-refractivity contribution >= 4 is 34.1 Å². The zero-order valence-electron chi connectivity index (χ0n) is 17.8. The van der Waals surface area contributed by atoms with Crippen LogP contribution < -0.4 is 20.7 Å². The maximum Gasteiger partial charge on any atom is 0.413 e. The van der Waals surface area contributed by atoms with Crippen LogP contribution in [0.5, 0.6) is 5.88 Å². The fraction of sp³-hybridized carbons (Fsp3) is 0.304. The Morgan fingerprint density at radius 2 is 2.12 bits per heavy atom. The number of amides is 1. The van der Waals surface area contributed by atoms with Crippen LogP contribution >= 0.6 is 0 Å². The van der Waals surface area contributed by atoms with E-state index in [2.05, 4.69) is 21.4 Å². The predicted octanol–water partition coefficient (Wildman–Crippen LogP) is 3.92. The first-order valence-corrected chi connectivity index (χ1v) is 10.5. The summed E-state index contributed by atoms with van der Waals surface area (Å²) in [6.07, 6.45) is 2.69. The first-order valence-electron chi connectivity index (χ1n) is 10.5. The average molecular weight is 448 g/mol. The minimum absolute atomic E-state index is 0.0713. The van der Waals surface area contributed by atoms with E-state index in [-0.39, 0.29) is 29.0 Å². The van der Waals surface area contributed by atoms with E-state index in [1.807, 2.05) is 6.92 Å². The second-order valence-corrected chi connectivity index (χ2v) is 8.27. The highest BCUT2D eigenvalue weighted by Gasteiger charge is 2.38. The Balaban J connectivity index is 1.61. The van der Waals surface area contributed by atoms with Crippen LogP contribution in [0.4, 0.5) is 26.4 Å². The van der Waals surface area contributed by atoms with Gasteiger partial charge in [-0.05, 0) is 42.8 Å². The number of ether oxygens (including phenoxy) is 1. The lowest BCUT2D eigenvalue weighted by molar-refractivity contribution is 0.189. The van der Waals surface area contributed by atoms with Crippen molar-refractivity contribution in [3.63, 3.8) is 0 Å². The second-order valence-electron chi connectivity index (χ2n) is 8.27. The van der Waals surface area contributed by atoms with Crippen molar-refractivity contribution in [3.8, 4) is 23.1 Å². The van der Waals surface area contributed by atoms with Gasteiger partial charge >= 0.3 is 6.09 Å². The summed E-state index contributed by atoms with van der Waals surface area (Å²) in [5.41, 5.74) is 8.35. The van der Waals surface area contributed by atoms with Gasteiger partial charge in [0.2, 0.25) is 5.88 Å². The summed E-state index contributed by atoms with van der Waals surface area (Å²) in [6, 6.07) is 5.05. The molecule has 10 heteroatoms. The summed E-state index contributed by atoms with van der Waals surface area (Å²) in [4.78, 5) is 21.7. The molecule has 2 aromatic heterocycles. The van der Waals surface area contributed by atoms with Crippen LogP contribution in [0.15, 0.2) is 24.5 Å². The third-order valence-corrected chi connectivity index (χ3v) is 6.33. The van der Waals surface area contributed by atoms with E-state index in [4.69, 9.17) is 15.7 Å². The fourth-order valence-electron chi connectivity index (χ4n) is 4.45. The quantitative estimate of drug-likeness (QED) is 0.513. The summed E-state index contributed by atoms with van der Waals surface area (Å²) in [7, 11) is 0. The van der Waals surface area contributed by atoms with Gasteiger partial charge in [0.1, 0.15) is 18.1 Å². The summed E-state index contributed by atoms with van der Waals surface area (Å²) in [6.45, 7) is 2.97. The van der Waals surface area contributed by atoms with Crippen molar-refractivity contribution in [2.45, 2.75) is 25.8 Å². The van der Waals surface area contributed by atoms with Crippen LogP contribution in [-0.4, -0.2) is 40.4 Å². The minimum Gasteiger partial charge on any atom is -0.474 e. The van der Waals surface area contributed by atoms with E-state index in [0.717, 1.165) is 5.56 Å². The molecular formula is C23H21FN6O3. The van der Waals surface area contributed by atoms with Gasteiger partial charge in [-0.25, -0.2) is 19.2 Å². The molecule has 1 amide bonds. The molecule has 1 aliphatic heterocycles. The average Bonchev–Trinajstić information content (AvgIpc) is 2.78. The van der Waals surface area contributed by atoms with Gasteiger partial charge in [-0.3, -0.25) is 4.90 Å². The van der Waals surface area contributed by atoms with Crippen molar-refractivity contribution < 1.29 is 19.0 Å². The molecule has 0 unspecified atom stereocenters. The van der Waals surface area contributed by atoms with Crippen molar-refractivity contribution in [1.82, 2.24) is 9.97 Å². The number of carboxylic acid groups (broad SMARTS) is 1. The monoisotopic (exact) mass is 448 g/mol. The van der Waals surface area contributed by atoms with E-state index in [0.29, 0.717) is 53.9 Å². The Morgan fingerprint density at radius 3 is 2.85 bits per heavy atom. The lowest BCUT2D eigenvalue weighted by atomic mass is 9.80. The number of hydrogen-bond acceptors (Lipinski definition) is 7. The number of anilines is 3. The molecule has 0 bridgehead atoms. The minimum atomic E-state index is -1.15. The predicted molar refractivity (Wildman–Crippen MR) is 121 cm³/mol. The summed E-state index contributed by atoms with van der Waals surface area (Å²) >= 11 is 0. The Morgan fingerprint density at radius 1 is 1.33 bits per heavy atom. The SMILES string of the molecule is Cc1c(-c2cc3cc(N(C(=O)O)[C@H]4C[C@@H](C#N)C4)ncc3c(N)c2F)cnc2c1NCCO2. The number of aromatic nitrogens is 2. The molecule has 1 fully saturated rings.